The smallest absolute Gasteiger partial charge is 0.409 e. The van der Waals surface area contributed by atoms with E-state index in [1.54, 1.807) is 4.90 Å². The van der Waals surface area contributed by atoms with Crippen LogP contribution in [0.3, 0.4) is 0 Å². The van der Waals surface area contributed by atoms with Crippen LogP contribution in [0.2, 0.25) is 0 Å². The van der Waals surface area contributed by atoms with E-state index in [0.29, 0.717) is 65.1 Å². The van der Waals surface area contributed by atoms with Crippen LogP contribution in [-0.4, -0.2) is 67.2 Å². The average molecular weight is 397 g/mol. The SMILES string of the molecule is CCCCOC(=O)C1CCN(C(=O)C2CCN(C(=O)OCCCC)CC2)CC1. The molecular formula is C21H36N2O5. The predicted molar refractivity (Wildman–Crippen MR) is 106 cm³/mol. The van der Waals surface area contributed by atoms with Gasteiger partial charge in [-0.05, 0) is 38.5 Å². The van der Waals surface area contributed by atoms with Gasteiger partial charge in [0.15, 0.2) is 0 Å². The van der Waals surface area contributed by atoms with Gasteiger partial charge in [-0.2, -0.15) is 0 Å². The van der Waals surface area contributed by atoms with Gasteiger partial charge in [-0.15, -0.1) is 0 Å². The summed E-state index contributed by atoms with van der Waals surface area (Å²) in [7, 11) is 0. The van der Waals surface area contributed by atoms with Gasteiger partial charge in [-0.25, -0.2) is 4.79 Å². The molecule has 2 fully saturated rings. The molecule has 0 N–H and O–H groups in total. The third kappa shape index (κ3) is 6.67. The fourth-order valence-corrected chi connectivity index (χ4v) is 3.73. The zero-order valence-electron chi connectivity index (χ0n) is 17.5. The first-order valence-corrected chi connectivity index (χ1v) is 10.9. The highest BCUT2D eigenvalue weighted by Crippen LogP contribution is 2.25. The van der Waals surface area contributed by atoms with Crippen molar-refractivity contribution in [1.82, 2.24) is 9.80 Å². The fourth-order valence-electron chi connectivity index (χ4n) is 3.73. The van der Waals surface area contributed by atoms with Crippen LogP contribution in [0.15, 0.2) is 0 Å². The van der Waals surface area contributed by atoms with Gasteiger partial charge >= 0.3 is 12.1 Å². The molecule has 2 rings (SSSR count). The molecule has 0 aromatic carbocycles. The second-order valence-electron chi connectivity index (χ2n) is 7.85. The predicted octanol–water partition coefficient (Wildman–Crippen LogP) is 3.22. The Balaban J connectivity index is 1.69. The van der Waals surface area contributed by atoms with Crippen LogP contribution in [-0.2, 0) is 19.1 Å². The van der Waals surface area contributed by atoms with Crippen LogP contribution in [0, 0.1) is 11.8 Å². The largest absolute Gasteiger partial charge is 0.465 e. The number of unbranched alkanes of at least 4 members (excludes halogenated alkanes) is 2. The summed E-state index contributed by atoms with van der Waals surface area (Å²) in [5.74, 6) is -0.0689. The molecule has 0 aromatic heterocycles. The van der Waals surface area contributed by atoms with Crippen LogP contribution in [0.25, 0.3) is 0 Å². The molecule has 0 aromatic rings. The van der Waals surface area contributed by atoms with Crippen molar-refractivity contribution in [3.05, 3.63) is 0 Å². The number of esters is 1. The molecule has 0 spiro atoms. The van der Waals surface area contributed by atoms with Gasteiger partial charge in [0.1, 0.15) is 0 Å². The summed E-state index contributed by atoms with van der Waals surface area (Å²) < 4.78 is 10.6. The van der Waals surface area contributed by atoms with Crippen molar-refractivity contribution in [3.8, 4) is 0 Å². The summed E-state index contributed by atoms with van der Waals surface area (Å²) in [4.78, 5) is 40.5. The maximum atomic E-state index is 12.8. The van der Waals surface area contributed by atoms with Gasteiger partial charge in [0, 0.05) is 32.1 Å². The highest BCUT2D eigenvalue weighted by atomic mass is 16.6. The first kappa shape index (κ1) is 22.5. The molecule has 2 aliphatic heterocycles. The van der Waals surface area contributed by atoms with Gasteiger partial charge in [-0.1, -0.05) is 26.7 Å². The molecule has 0 bridgehead atoms. The van der Waals surface area contributed by atoms with Gasteiger partial charge in [-0.3, -0.25) is 9.59 Å². The Hall–Kier alpha value is -1.79. The van der Waals surface area contributed by atoms with Crippen LogP contribution >= 0.6 is 0 Å². The first-order valence-electron chi connectivity index (χ1n) is 10.9. The van der Waals surface area contributed by atoms with Crippen LogP contribution < -0.4 is 0 Å². The molecular weight excluding hydrogens is 360 g/mol. The Bertz CT molecular complexity index is 465. The van der Waals surface area contributed by atoms with E-state index in [2.05, 4.69) is 13.8 Å². The normalized spacial score (nSPS) is 18.8. The van der Waals surface area contributed by atoms with Crippen molar-refractivity contribution in [1.29, 1.82) is 0 Å². The molecule has 2 saturated heterocycles. The Labute approximate surface area is 168 Å². The van der Waals surface area contributed by atoms with Crippen LogP contribution in [0.4, 0.5) is 4.79 Å². The van der Waals surface area contributed by atoms with Gasteiger partial charge in [0.25, 0.3) is 0 Å². The maximum absolute atomic E-state index is 12.8. The quantitative estimate of drug-likeness (QED) is 0.465. The second kappa shape index (κ2) is 11.9. The molecule has 0 aliphatic carbocycles. The third-order valence-corrected chi connectivity index (χ3v) is 5.71. The number of carbonyl (C=O) groups excluding carboxylic acids is 3. The lowest BCUT2D eigenvalue weighted by Crippen LogP contribution is -2.47. The first-order chi connectivity index (χ1) is 13.6. The lowest BCUT2D eigenvalue weighted by Gasteiger charge is -2.36. The Morgan fingerprint density at radius 2 is 1.25 bits per heavy atom. The molecule has 2 amide bonds. The molecule has 160 valence electrons. The van der Waals surface area contributed by atoms with E-state index in [1.807, 2.05) is 4.90 Å². The monoisotopic (exact) mass is 396 g/mol. The molecule has 7 nitrogen and oxygen atoms in total. The molecule has 2 heterocycles. The number of ether oxygens (including phenoxy) is 2. The minimum atomic E-state index is -0.262. The molecule has 28 heavy (non-hydrogen) atoms. The number of rotatable bonds is 8. The van der Waals surface area contributed by atoms with Crippen LogP contribution in [0.5, 0.6) is 0 Å². The van der Waals surface area contributed by atoms with Crippen LogP contribution in [0.1, 0.15) is 65.2 Å². The zero-order chi connectivity index (χ0) is 20.4. The molecule has 2 aliphatic rings. The molecule has 7 heteroatoms. The third-order valence-electron chi connectivity index (χ3n) is 5.71. The standard InChI is InChI=1S/C21H36N2O5/c1-3-5-15-27-20(25)18-9-11-22(12-10-18)19(24)17-7-13-23(14-8-17)21(26)28-16-6-4-2/h17-18H,3-16H2,1-2H3. The summed E-state index contributed by atoms with van der Waals surface area (Å²) >= 11 is 0. The minimum Gasteiger partial charge on any atom is -0.465 e. The number of amides is 2. The number of likely N-dealkylation sites (tertiary alicyclic amines) is 2. The Morgan fingerprint density at radius 1 is 0.750 bits per heavy atom. The number of piperidine rings is 2. The topological polar surface area (TPSA) is 76.2 Å². The number of carbonyl (C=O) groups is 3. The summed E-state index contributed by atoms with van der Waals surface area (Å²) in [6.45, 7) is 7.46. The van der Waals surface area contributed by atoms with E-state index in [-0.39, 0.29) is 29.8 Å². The van der Waals surface area contributed by atoms with E-state index in [0.717, 1.165) is 25.7 Å². The molecule has 0 radical (unpaired) electrons. The van der Waals surface area contributed by atoms with Gasteiger partial charge in [0.2, 0.25) is 5.91 Å². The van der Waals surface area contributed by atoms with Crippen molar-refractivity contribution in [3.63, 3.8) is 0 Å². The maximum Gasteiger partial charge on any atom is 0.409 e. The minimum absolute atomic E-state index is 0.0345. The highest BCUT2D eigenvalue weighted by Gasteiger charge is 2.34. The fraction of sp³-hybridized carbons (Fsp3) is 0.857. The van der Waals surface area contributed by atoms with Gasteiger partial charge in [0.05, 0.1) is 19.1 Å². The van der Waals surface area contributed by atoms with Crippen molar-refractivity contribution in [2.24, 2.45) is 11.8 Å². The number of hydrogen-bond acceptors (Lipinski definition) is 5. The van der Waals surface area contributed by atoms with Crippen molar-refractivity contribution in [2.75, 3.05) is 39.4 Å². The zero-order valence-corrected chi connectivity index (χ0v) is 17.5. The molecule has 0 saturated carbocycles. The summed E-state index contributed by atoms with van der Waals surface area (Å²) in [6.07, 6.45) is 6.24. The lowest BCUT2D eigenvalue weighted by atomic mass is 9.92. The Morgan fingerprint density at radius 3 is 1.82 bits per heavy atom. The highest BCUT2D eigenvalue weighted by molar-refractivity contribution is 5.80. The van der Waals surface area contributed by atoms with E-state index in [4.69, 9.17) is 9.47 Å². The lowest BCUT2D eigenvalue weighted by molar-refractivity contribution is -0.152. The molecule has 0 atom stereocenters. The summed E-state index contributed by atoms with van der Waals surface area (Å²) in [5, 5.41) is 0. The van der Waals surface area contributed by atoms with E-state index < -0.39 is 0 Å². The van der Waals surface area contributed by atoms with E-state index >= 15 is 0 Å². The second-order valence-corrected chi connectivity index (χ2v) is 7.85. The Kier molecular flexibility index (Phi) is 9.58. The van der Waals surface area contributed by atoms with Crippen molar-refractivity contribution < 1.29 is 23.9 Å². The summed E-state index contributed by atoms with van der Waals surface area (Å²) in [6, 6.07) is 0. The van der Waals surface area contributed by atoms with E-state index in [1.165, 1.54) is 0 Å². The average Bonchev–Trinajstić information content (AvgIpc) is 2.73. The van der Waals surface area contributed by atoms with Gasteiger partial charge < -0.3 is 19.3 Å². The van der Waals surface area contributed by atoms with Crippen molar-refractivity contribution >= 4 is 18.0 Å². The van der Waals surface area contributed by atoms with Crippen molar-refractivity contribution in [2.45, 2.75) is 65.2 Å². The number of hydrogen-bond donors (Lipinski definition) is 0. The number of nitrogens with zero attached hydrogens (tertiary/aromatic N) is 2. The van der Waals surface area contributed by atoms with E-state index in [9.17, 15) is 14.4 Å². The molecule has 0 unspecified atom stereocenters. The summed E-state index contributed by atoms with van der Waals surface area (Å²) in [5.41, 5.74) is 0.